The highest BCUT2D eigenvalue weighted by Gasteiger charge is 2.10. The van der Waals surface area contributed by atoms with Crippen molar-refractivity contribution in [2.24, 2.45) is 0 Å². The minimum absolute atomic E-state index is 0.0487. The van der Waals surface area contributed by atoms with E-state index in [1.54, 1.807) is 0 Å². The lowest BCUT2D eigenvalue weighted by atomic mass is 10.1. The zero-order valence-corrected chi connectivity index (χ0v) is 15.2. The third kappa shape index (κ3) is 4.59. The molecule has 0 spiro atoms. The smallest absolute Gasteiger partial charge is 0.264 e. The van der Waals surface area contributed by atoms with E-state index < -0.39 is 0 Å². The molecule has 0 fully saturated rings. The number of aromatic nitrogens is 1. The fraction of sp³-hybridized carbons (Fsp3) is 0.158. The molecule has 128 valence electrons. The van der Waals surface area contributed by atoms with Crippen LogP contribution in [0.25, 0.3) is 11.3 Å². The Morgan fingerprint density at radius 3 is 2.72 bits per heavy atom. The van der Waals surface area contributed by atoms with E-state index in [4.69, 9.17) is 16.3 Å². The summed E-state index contributed by atoms with van der Waals surface area (Å²) in [6.07, 6.45) is 0.856. The number of hydrogen-bond acceptors (Lipinski definition) is 4. The van der Waals surface area contributed by atoms with Gasteiger partial charge in [-0.15, -0.1) is 11.3 Å². The van der Waals surface area contributed by atoms with E-state index in [9.17, 15) is 4.79 Å². The highest BCUT2D eigenvalue weighted by molar-refractivity contribution is 7.14. The van der Waals surface area contributed by atoms with Crippen LogP contribution >= 0.6 is 22.9 Å². The number of halogens is 1. The van der Waals surface area contributed by atoms with Crippen LogP contribution < -0.4 is 10.1 Å². The molecule has 6 heteroatoms. The van der Waals surface area contributed by atoms with Gasteiger partial charge in [0.15, 0.2) is 11.7 Å². The normalized spacial score (nSPS) is 10.5. The van der Waals surface area contributed by atoms with Crippen LogP contribution in [0.4, 0.5) is 5.13 Å². The molecule has 0 saturated heterocycles. The third-order valence-corrected chi connectivity index (χ3v) is 4.61. The maximum Gasteiger partial charge on any atom is 0.264 e. The van der Waals surface area contributed by atoms with Crippen molar-refractivity contribution in [3.05, 3.63) is 64.5 Å². The van der Waals surface area contributed by atoms with E-state index >= 15 is 0 Å². The molecule has 0 aliphatic carbocycles. The van der Waals surface area contributed by atoms with Gasteiger partial charge in [0.25, 0.3) is 5.91 Å². The number of para-hydroxylation sites is 1. The van der Waals surface area contributed by atoms with Gasteiger partial charge in [0.05, 0.1) is 5.69 Å². The molecule has 25 heavy (non-hydrogen) atoms. The number of benzene rings is 2. The first-order valence-electron chi connectivity index (χ1n) is 7.87. The maximum atomic E-state index is 12.1. The van der Waals surface area contributed by atoms with Gasteiger partial charge in [-0.3, -0.25) is 10.1 Å². The lowest BCUT2D eigenvalue weighted by molar-refractivity contribution is -0.118. The minimum atomic E-state index is -0.233. The monoisotopic (exact) mass is 372 g/mol. The van der Waals surface area contributed by atoms with Crippen molar-refractivity contribution >= 4 is 34.0 Å². The quantitative estimate of drug-likeness (QED) is 0.659. The maximum absolute atomic E-state index is 12.1. The highest BCUT2D eigenvalue weighted by atomic mass is 35.5. The molecule has 1 aromatic heterocycles. The van der Waals surface area contributed by atoms with Gasteiger partial charge < -0.3 is 4.74 Å². The predicted octanol–water partition coefficient (Wildman–Crippen LogP) is 5.04. The summed E-state index contributed by atoms with van der Waals surface area (Å²) in [6.45, 7) is 2.00. The first kappa shape index (κ1) is 17.5. The summed E-state index contributed by atoms with van der Waals surface area (Å²) in [5.74, 6) is 0.504. The first-order chi connectivity index (χ1) is 12.2. The van der Waals surface area contributed by atoms with Crippen LogP contribution in [0.3, 0.4) is 0 Å². The van der Waals surface area contributed by atoms with E-state index in [0.29, 0.717) is 10.2 Å². The molecule has 3 rings (SSSR count). The van der Waals surface area contributed by atoms with Crippen molar-refractivity contribution < 1.29 is 9.53 Å². The van der Waals surface area contributed by atoms with E-state index in [1.807, 2.05) is 53.9 Å². The fourth-order valence-corrected chi connectivity index (χ4v) is 3.18. The average Bonchev–Trinajstić information content (AvgIpc) is 3.09. The summed E-state index contributed by atoms with van der Waals surface area (Å²) < 4.78 is 5.62. The number of nitrogens with one attached hydrogen (secondary N) is 1. The number of rotatable bonds is 6. The standard InChI is InChI=1S/C19H17ClN2O2S/c1-2-13-5-3-4-6-17(13)24-11-18(23)22-19-21-16(12-25-19)14-7-9-15(20)10-8-14/h3-10,12H,2,11H2,1H3,(H,21,22,23). The average molecular weight is 373 g/mol. The van der Waals surface area contributed by atoms with Gasteiger partial charge in [0.1, 0.15) is 5.75 Å². The molecule has 0 saturated carbocycles. The largest absolute Gasteiger partial charge is 0.483 e. The lowest BCUT2D eigenvalue weighted by Crippen LogP contribution is -2.20. The van der Waals surface area contributed by atoms with Crippen molar-refractivity contribution in [2.75, 3.05) is 11.9 Å². The molecule has 1 amide bonds. The molecule has 0 aliphatic heterocycles. The molecule has 0 aliphatic rings. The van der Waals surface area contributed by atoms with Gasteiger partial charge in [-0.2, -0.15) is 0 Å². The first-order valence-corrected chi connectivity index (χ1v) is 9.13. The molecular weight excluding hydrogens is 356 g/mol. The zero-order valence-electron chi connectivity index (χ0n) is 13.7. The number of carbonyl (C=O) groups excluding carboxylic acids is 1. The lowest BCUT2D eigenvalue weighted by Gasteiger charge is -2.09. The van der Waals surface area contributed by atoms with Crippen LogP contribution in [-0.4, -0.2) is 17.5 Å². The van der Waals surface area contributed by atoms with E-state index in [2.05, 4.69) is 17.2 Å². The summed E-state index contributed by atoms with van der Waals surface area (Å²) in [4.78, 5) is 16.5. The molecule has 1 heterocycles. The zero-order chi connectivity index (χ0) is 17.6. The summed E-state index contributed by atoms with van der Waals surface area (Å²) in [5, 5.41) is 5.89. The summed E-state index contributed by atoms with van der Waals surface area (Å²) in [6, 6.07) is 15.1. The van der Waals surface area contributed by atoms with E-state index in [0.717, 1.165) is 29.0 Å². The number of anilines is 1. The van der Waals surface area contributed by atoms with Crippen molar-refractivity contribution in [1.29, 1.82) is 0 Å². The summed E-state index contributed by atoms with van der Waals surface area (Å²) in [5.41, 5.74) is 2.83. The highest BCUT2D eigenvalue weighted by Crippen LogP contribution is 2.26. The van der Waals surface area contributed by atoms with Crippen LogP contribution in [0.2, 0.25) is 5.02 Å². The summed E-state index contributed by atoms with van der Waals surface area (Å²) in [7, 11) is 0. The van der Waals surface area contributed by atoms with E-state index in [-0.39, 0.29) is 12.5 Å². The second-order valence-corrected chi connectivity index (χ2v) is 6.64. The molecule has 0 atom stereocenters. The number of carbonyl (C=O) groups is 1. The Hall–Kier alpha value is -2.37. The number of amides is 1. The van der Waals surface area contributed by atoms with Crippen LogP contribution in [0.1, 0.15) is 12.5 Å². The van der Waals surface area contributed by atoms with Crippen LogP contribution in [-0.2, 0) is 11.2 Å². The van der Waals surface area contributed by atoms with Crippen molar-refractivity contribution in [2.45, 2.75) is 13.3 Å². The Morgan fingerprint density at radius 1 is 1.20 bits per heavy atom. The van der Waals surface area contributed by atoms with Gasteiger partial charge in [-0.1, -0.05) is 48.9 Å². The Balaban J connectivity index is 1.59. The third-order valence-electron chi connectivity index (χ3n) is 3.60. The molecule has 4 nitrogen and oxygen atoms in total. The van der Waals surface area contributed by atoms with E-state index in [1.165, 1.54) is 11.3 Å². The predicted molar refractivity (Wildman–Crippen MR) is 103 cm³/mol. The minimum Gasteiger partial charge on any atom is -0.483 e. The Bertz CT molecular complexity index is 862. The number of thiazole rings is 1. The van der Waals surface area contributed by atoms with Gasteiger partial charge >= 0.3 is 0 Å². The molecule has 3 aromatic rings. The second-order valence-electron chi connectivity index (χ2n) is 5.34. The van der Waals surface area contributed by atoms with Crippen LogP contribution in [0, 0.1) is 0 Å². The number of hydrogen-bond donors (Lipinski definition) is 1. The van der Waals surface area contributed by atoms with Gasteiger partial charge in [-0.25, -0.2) is 4.98 Å². The Labute approximate surface area is 155 Å². The number of ether oxygens (including phenoxy) is 1. The van der Waals surface area contributed by atoms with Gasteiger partial charge in [0, 0.05) is 16.0 Å². The van der Waals surface area contributed by atoms with Crippen molar-refractivity contribution in [1.82, 2.24) is 4.98 Å². The molecular formula is C19H17ClN2O2S. The molecule has 0 bridgehead atoms. The Morgan fingerprint density at radius 2 is 1.96 bits per heavy atom. The van der Waals surface area contributed by atoms with Gasteiger partial charge in [0.2, 0.25) is 0 Å². The van der Waals surface area contributed by atoms with Gasteiger partial charge in [-0.05, 0) is 30.2 Å². The SMILES string of the molecule is CCc1ccccc1OCC(=O)Nc1nc(-c2ccc(Cl)cc2)cs1. The van der Waals surface area contributed by atoms with Crippen LogP contribution in [0.15, 0.2) is 53.9 Å². The van der Waals surface area contributed by atoms with Crippen LogP contribution in [0.5, 0.6) is 5.75 Å². The second kappa shape index (κ2) is 8.14. The molecule has 2 aromatic carbocycles. The summed E-state index contributed by atoms with van der Waals surface area (Å²) >= 11 is 7.27. The Kier molecular flexibility index (Phi) is 5.68. The molecule has 0 unspecified atom stereocenters. The fourth-order valence-electron chi connectivity index (χ4n) is 2.32. The molecule has 1 N–H and O–H groups in total. The number of aryl methyl sites for hydroxylation is 1. The van der Waals surface area contributed by atoms with Crippen molar-refractivity contribution in [3.8, 4) is 17.0 Å². The molecule has 0 radical (unpaired) electrons. The van der Waals surface area contributed by atoms with Crippen molar-refractivity contribution in [3.63, 3.8) is 0 Å². The number of nitrogens with zero attached hydrogens (tertiary/aromatic N) is 1. The topological polar surface area (TPSA) is 51.2 Å².